The van der Waals surface area contributed by atoms with Crippen LogP contribution in [0.3, 0.4) is 0 Å². The molecule has 2 aromatic heterocycles. The number of rotatable bonds is 7. The molecule has 1 aliphatic carbocycles. The number of fused-ring (bicyclic) bond motifs is 1. The lowest BCUT2D eigenvalue weighted by Crippen LogP contribution is -2.35. The summed E-state index contributed by atoms with van der Waals surface area (Å²) in [7, 11) is -3.28. The fraction of sp³-hybridized carbons (Fsp3) is 0.583. The molecule has 1 fully saturated rings. The normalized spacial score (nSPS) is 15.8. The van der Waals surface area contributed by atoms with Gasteiger partial charge < -0.3 is 5.32 Å². The van der Waals surface area contributed by atoms with Crippen LogP contribution in [0.15, 0.2) is 17.1 Å². The molecule has 2 aromatic rings. The van der Waals surface area contributed by atoms with Crippen LogP contribution in [-0.4, -0.2) is 41.9 Å². The van der Waals surface area contributed by atoms with E-state index in [0.717, 1.165) is 12.8 Å². The Hall–Kier alpha value is -1.52. The minimum Gasteiger partial charge on any atom is -0.359 e. The summed E-state index contributed by atoms with van der Waals surface area (Å²) < 4.78 is 27.5. The Morgan fingerprint density at radius 2 is 2.23 bits per heavy atom. The van der Waals surface area contributed by atoms with E-state index < -0.39 is 10.0 Å². The van der Waals surface area contributed by atoms with E-state index in [-0.39, 0.29) is 17.9 Å². The topological polar surface area (TPSA) is 105 Å². The van der Waals surface area contributed by atoms with Gasteiger partial charge >= 0.3 is 0 Å². The average molecular weight is 343 g/mol. The third-order valence-electron chi connectivity index (χ3n) is 3.63. The van der Waals surface area contributed by atoms with Gasteiger partial charge in [0.15, 0.2) is 0 Å². The zero-order chi connectivity index (χ0) is 15.6. The molecule has 0 aromatic carbocycles. The molecule has 0 unspecified atom stereocenters. The highest BCUT2D eigenvalue weighted by molar-refractivity contribution is 7.89. The Kier molecular flexibility index (Phi) is 4.41. The standard InChI is InChI=1S/C12H17N5O3S2/c18-10-4-5-14-12-17(10)16-11(21-12)13-6-7-22(19,20)15-8-9-2-1-3-9/h4-5,9,15H,1-3,6-8H2,(H,13,16). The number of hydrogen-bond donors (Lipinski definition) is 2. The van der Waals surface area contributed by atoms with Gasteiger partial charge in [-0.25, -0.2) is 18.1 Å². The third-order valence-corrected chi connectivity index (χ3v) is 5.86. The second-order valence-corrected chi connectivity index (χ2v) is 8.16. The van der Waals surface area contributed by atoms with Gasteiger partial charge in [-0.3, -0.25) is 4.79 Å². The summed E-state index contributed by atoms with van der Waals surface area (Å²) in [6.45, 7) is 0.761. The Morgan fingerprint density at radius 3 is 2.91 bits per heavy atom. The SMILES string of the molecule is O=c1ccnc2sc(NCCS(=O)(=O)NCC3CCC3)nn12. The van der Waals surface area contributed by atoms with Gasteiger partial charge in [-0.05, 0) is 18.8 Å². The van der Waals surface area contributed by atoms with E-state index in [1.807, 2.05) is 0 Å². The number of anilines is 1. The first-order chi connectivity index (χ1) is 10.5. The van der Waals surface area contributed by atoms with E-state index >= 15 is 0 Å². The molecule has 0 atom stereocenters. The van der Waals surface area contributed by atoms with Crippen molar-refractivity contribution in [3.8, 4) is 0 Å². The van der Waals surface area contributed by atoms with E-state index in [2.05, 4.69) is 20.1 Å². The number of nitrogens with one attached hydrogen (secondary N) is 2. The van der Waals surface area contributed by atoms with Crippen molar-refractivity contribution in [3.63, 3.8) is 0 Å². The minimum atomic E-state index is -3.28. The molecule has 0 radical (unpaired) electrons. The number of nitrogens with zero attached hydrogens (tertiary/aromatic N) is 3. The van der Waals surface area contributed by atoms with Crippen molar-refractivity contribution < 1.29 is 8.42 Å². The Morgan fingerprint density at radius 1 is 1.41 bits per heavy atom. The first-order valence-corrected chi connectivity index (χ1v) is 9.56. The molecule has 0 saturated heterocycles. The lowest BCUT2D eigenvalue weighted by molar-refractivity contribution is 0.316. The summed E-state index contributed by atoms with van der Waals surface area (Å²) >= 11 is 1.21. The quantitative estimate of drug-likeness (QED) is 0.748. The third kappa shape index (κ3) is 3.62. The van der Waals surface area contributed by atoms with Crippen LogP contribution in [-0.2, 0) is 10.0 Å². The number of sulfonamides is 1. The van der Waals surface area contributed by atoms with Crippen molar-refractivity contribution in [3.05, 3.63) is 22.6 Å². The fourth-order valence-electron chi connectivity index (χ4n) is 2.12. The molecule has 10 heteroatoms. The maximum Gasteiger partial charge on any atom is 0.275 e. The van der Waals surface area contributed by atoms with Gasteiger partial charge in [0.2, 0.25) is 20.1 Å². The molecule has 3 rings (SSSR count). The van der Waals surface area contributed by atoms with Crippen LogP contribution in [0, 0.1) is 5.92 Å². The second-order valence-electron chi connectivity index (χ2n) is 5.28. The summed E-state index contributed by atoms with van der Waals surface area (Å²) in [6.07, 6.45) is 4.83. The highest BCUT2D eigenvalue weighted by Gasteiger charge is 2.20. The minimum absolute atomic E-state index is 0.0298. The molecule has 2 heterocycles. The van der Waals surface area contributed by atoms with Crippen LogP contribution < -0.4 is 15.6 Å². The van der Waals surface area contributed by atoms with Gasteiger partial charge in [0.25, 0.3) is 5.56 Å². The summed E-state index contributed by atoms with van der Waals surface area (Å²) in [4.78, 5) is 16.0. The van der Waals surface area contributed by atoms with Crippen molar-refractivity contribution in [1.29, 1.82) is 0 Å². The molecule has 120 valence electrons. The van der Waals surface area contributed by atoms with E-state index in [4.69, 9.17) is 0 Å². The first-order valence-electron chi connectivity index (χ1n) is 7.09. The lowest BCUT2D eigenvalue weighted by Gasteiger charge is -2.25. The molecule has 0 aliphatic heterocycles. The Bertz CT molecular complexity index is 810. The average Bonchev–Trinajstić information content (AvgIpc) is 2.81. The number of aromatic nitrogens is 3. The van der Waals surface area contributed by atoms with Gasteiger partial charge in [0, 0.05) is 25.4 Å². The molecule has 8 nitrogen and oxygen atoms in total. The van der Waals surface area contributed by atoms with Gasteiger partial charge in [0.05, 0.1) is 5.75 Å². The lowest BCUT2D eigenvalue weighted by atomic mass is 9.86. The molecule has 0 bridgehead atoms. The van der Waals surface area contributed by atoms with Gasteiger partial charge in [-0.2, -0.15) is 4.52 Å². The first kappa shape index (κ1) is 15.4. The molecular formula is C12H17N5O3S2. The molecule has 0 amide bonds. The van der Waals surface area contributed by atoms with Crippen LogP contribution in [0.4, 0.5) is 5.13 Å². The van der Waals surface area contributed by atoms with E-state index in [0.29, 0.717) is 22.6 Å². The Labute approximate surface area is 131 Å². The van der Waals surface area contributed by atoms with E-state index in [9.17, 15) is 13.2 Å². The summed E-state index contributed by atoms with van der Waals surface area (Å²) in [5.41, 5.74) is -0.260. The number of hydrogen-bond acceptors (Lipinski definition) is 7. The van der Waals surface area contributed by atoms with Crippen molar-refractivity contribution in [1.82, 2.24) is 19.3 Å². The van der Waals surface area contributed by atoms with Gasteiger partial charge in [-0.1, -0.05) is 17.8 Å². The largest absolute Gasteiger partial charge is 0.359 e. The monoisotopic (exact) mass is 343 g/mol. The Balaban J connectivity index is 1.52. The van der Waals surface area contributed by atoms with Gasteiger partial charge in [0.1, 0.15) is 0 Å². The highest BCUT2D eigenvalue weighted by Crippen LogP contribution is 2.25. The van der Waals surface area contributed by atoms with Crippen molar-refractivity contribution in [2.24, 2.45) is 5.92 Å². The van der Waals surface area contributed by atoms with Crippen LogP contribution in [0.5, 0.6) is 0 Å². The maximum atomic E-state index is 11.9. The predicted octanol–water partition coefficient (Wildman–Crippen LogP) is 0.282. The van der Waals surface area contributed by atoms with Crippen molar-refractivity contribution >= 4 is 31.5 Å². The molecule has 22 heavy (non-hydrogen) atoms. The summed E-state index contributed by atoms with van der Waals surface area (Å²) in [5.74, 6) is 0.461. The highest BCUT2D eigenvalue weighted by atomic mass is 32.2. The van der Waals surface area contributed by atoms with E-state index in [1.165, 1.54) is 34.5 Å². The summed E-state index contributed by atoms with van der Waals surface area (Å²) in [6, 6.07) is 1.32. The maximum absolute atomic E-state index is 11.9. The molecule has 2 N–H and O–H groups in total. The smallest absolute Gasteiger partial charge is 0.275 e. The molecular weight excluding hydrogens is 326 g/mol. The van der Waals surface area contributed by atoms with E-state index in [1.54, 1.807) is 0 Å². The van der Waals surface area contributed by atoms with Crippen molar-refractivity contribution in [2.75, 3.05) is 24.2 Å². The fourth-order valence-corrected chi connectivity index (χ4v) is 3.93. The van der Waals surface area contributed by atoms with Crippen LogP contribution >= 0.6 is 11.3 Å². The van der Waals surface area contributed by atoms with Crippen LogP contribution in [0.25, 0.3) is 4.96 Å². The van der Waals surface area contributed by atoms with Gasteiger partial charge in [-0.15, -0.1) is 5.10 Å². The van der Waals surface area contributed by atoms with Crippen molar-refractivity contribution in [2.45, 2.75) is 19.3 Å². The predicted molar refractivity (Wildman–Crippen MR) is 84.8 cm³/mol. The van der Waals surface area contributed by atoms with Crippen LogP contribution in [0.2, 0.25) is 0 Å². The molecule has 1 aliphatic rings. The van der Waals surface area contributed by atoms with Crippen LogP contribution in [0.1, 0.15) is 19.3 Å². The zero-order valence-electron chi connectivity index (χ0n) is 11.9. The second kappa shape index (κ2) is 6.31. The summed E-state index contributed by atoms with van der Waals surface area (Å²) in [5, 5.41) is 7.46. The molecule has 0 spiro atoms. The zero-order valence-corrected chi connectivity index (χ0v) is 13.5. The molecule has 1 saturated carbocycles.